The maximum Gasteiger partial charge on any atom is 0.319 e. The van der Waals surface area contributed by atoms with E-state index >= 15 is 0 Å². The van der Waals surface area contributed by atoms with E-state index < -0.39 is 0 Å². The lowest BCUT2D eigenvalue weighted by Crippen LogP contribution is -2.28. The number of halogens is 1. The third kappa shape index (κ3) is 6.45. The molecule has 2 aromatic carbocycles. The first kappa shape index (κ1) is 16.9. The second-order valence-corrected chi connectivity index (χ2v) is 5.69. The lowest BCUT2D eigenvalue weighted by molar-refractivity contribution is 0.253. The summed E-state index contributed by atoms with van der Waals surface area (Å²) in [6.45, 7) is 2.53. The quantitative estimate of drug-likeness (QED) is 0.798. The molecule has 0 aromatic heterocycles. The van der Waals surface area contributed by atoms with Gasteiger partial charge in [0.2, 0.25) is 0 Å². The van der Waals surface area contributed by atoms with Gasteiger partial charge in [-0.25, -0.2) is 4.79 Å². The molecule has 2 rings (SSSR count). The normalized spacial score (nSPS) is 9.48. The molecule has 2 aromatic rings. The molecule has 0 fully saturated rings. The molecule has 0 aliphatic heterocycles. The Morgan fingerprint density at radius 2 is 1.96 bits per heavy atom. The third-order valence-corrected chi connectivity index (χ3v) is 3.37. The van der Waals surface area contributed by atoms with Crippen molar-refractivity contribution in [2.24, 2.45) is 0 Å². The molecular formula is C18H17BrN2O2. The van der Waals surface area contributed by atoms with E-state index in [-0.39, 0.29) is 19.2 Å². The Hall–Kier alpha value is -2.45. The summed E-state index contributed by atoms with van der Waals surface area (Å²) in [6.07, 6.45) is 0. The van der Waals surface area contributed by atoms with Crippen LogP contribution in [-0.4, -0.2) is 19.2 Å². The smallest absolute Gasteiger partial charge is 0.319 e. The van der Waals surface area contributed by atoms with Gasteiger partial charge in [-0.2, -0.15) is 0 Å². The summed E-state index contributed by atoms with van der Waals surface area (Å²) in [4.78, 5) is 11.7. The van der Waals surface area contributed by atoms with Gasteiger partial charge in [-0.3, -0.25) is 0 Å². The Bertz CT molecular complexity index is 718. The molecule has 2 amide bonds. The number of carbonyl (C=O) groups excluding carboxylic acids is 1. The van der Waals surface area contributed by atoms with Crippen molar-refractivity contribution in [3.8, 4) is 17.6 Å². The average molecular weight is 373 g/mol. The first-order valence-corrected chi connectivity index (χ1v) is 7.88. The summed E-state index contributed by atoms with van der Waals surface area (Å²) in [6, 6.07) is 14.9. The topological polar surface area (TPSA) is 50.4 Å². The molecule has 0 bridgehead atoms. The van der Waals surface area contributed by atoms with E-state index in [1.54, 1.807) is 0 Å². The molecule has 0 aliphatic carbocycles. The van der Waals surface area contributed by atoms with Crippen LogP contribution >= 0.6 is 15.9 Å². The molecule has 5 heteroatoms. The second-order valence-electron chi connectivity index (χ2n) is 4.77. The fourth-order valence-electron chi connectivity index (χ4n) is 1.73. The molecule has 0 atom stereocenters. The molecule has 0 unspecified atom stereocenters. The van der Waals surface area contributed by atoms with Crippen LogP contribution in [0.4, 0.5) is 10.5 Å². The Labute approximate surface area is 144 Å². The highest BCUT2D eigenvalue weighted by Gasteiger charge is 1.98. The standard InChI is InChI=1S/C18H17BrN2O2/c1-14-7-9-16(10-8-14)21-18(22)20-11-2-3-12-23-17-6-4-5-15(19)13-17/h4-10,13H,11-12H2,1H3,(H2,20,21,22). The van der Waals surface area contributed by atoms with Gasteiger partial charge >= 0.3 is 6.03 Å². The SMILES string of the molecule is Cc1ccc(NC(=O)NCC#CCOc2cccc(Br)c2)cc1. The monoisotopic (exact) mass is 372 g/mol. The summed E-state index contributed by atoms with van der Waals surface area (Å²) in [5, 5.41) is 5.40. The Balaban J connectivity index is 1.67. The van der Waals surface area contributed by atoms with Crippen LogP contribution in [0.3, 0.4) is 0 Å². The van der Waals surface area contributed by atoms with Gasteiger partial charge in [-0.15, -0.1) is 0 Å². The van der Waals surface area contributed by atoms with Crippen molar-refractivity contribution in [1.82, 2.24) is 5.32 Å². The predicted molar refractivity (Wildman–Crippen MR) is 95.6 cm³/mol. The second kappa shape index (κ2) is 8.86. The van der Waals surface area contributed by atoms with Gasteiger partial charge < -0.3 is 15.4 Å². The van der Waals surface area contributed by atoms with E-state index in [1.807, 2.05) is 55.5 Å². The Kier molecular flexibility index (Phi) is 6.52. The van der Waals surface area contributed by atoms with E-state index in [2.05, 4.69) is 38.4 Å². The van der Waals surface area contributed by atoms with Gasteiger partial charge in [0.1, 0.15) is 12.4 Å². The number of hydrogen-bond donors (Lipinski definition) is 2. The molecule has 0 heterocycles. The first-order valence-electron chi connectivity index (χ1n) is 7.09. The van der Waals surface area contributed by atoms with Gasteiger partial charge in [0.05, 0.1) is 6.54 Å². The van der Waals surface area contributed by atoms with E-state index in [9.17, 15) is 4.79 Å². The summed E-state index contributed by atoms with van der Waals surface area (Å²) in [5.41, 5.74) is 1.89. The summed E-state index contributed by atoms with van der Waals surface area (Å²) in [5.74, 6) is 6.44. The highest BCUT2D eigenvalue weighted by atomic mass is 79.9. The van der Waals surface area contributed by atoms with E-state index in [0.717, 1.165) is 21.5 Å². The highest BCUT2D eigenvalue weighted by Crippen LogP contribution is 2.17. The molecule has 0 saturated heterocycles. The Morgan fingerprint density at radius 3 is 2.70 bits per heavy atom. The molecule has 118 valence electrons. The van der Waals surface area contributed by atoms with Gasteiger partial charge in [-0.1, -0.05) is 51.5 Å². The molecule has 0 radical (unpaired) electrons. The average Bonchev–Trinajstić information content (AvgIpc) is 2.53. The van der Waals surface area contributed by atoms with Crippen molar-refractivity contribution in [3.63, 3.8) is 0 Å². The first-order chi connectivity index (χ1) is 11.1. The van der Waals surface area contributed by atoms with Crippen molar-refractivity contribution >= 4 is 27.6 Å². The van der Waals surface area contributed by atoms with Crippen molar-refractivity contribution in [2.45, 2.75) is 6.92 Å². The molecular weight excluding hydrogens is 356 g/mol. The van der Waals surface area contributed by atoms with Crippen molar-refractivity contribution in [1.29, 1.82) is 0 Å². The lowest BCUT2D eigenvalue weighted by Gasteiger charge is -2.05. The number of benzene rings is 2. The number of nitrogens with one attached hydrogen (secondary N) is 2. The van der Waals surface area contributed by atoms with Crippen molar-refractivity contribution in [3.05, 3.63) is 58.6 Å². The molecule has 0 saturated carbocycles. The predicted octanol–water partition coefficient (Wildman–Crippen LogP) is 3.96. The van der Waals surface area contributed by atoms with Crippen LogP contribution in [-0.2, 0) is 0 Å². The van der Waals surface area contributed by atoms with Crippen LogP contribution in [0.5, 0.6) is 5.75 Å². The maximum atomic E-state index is 11.7. The minimum absolute atomic E-state index is 0.263. The molecule has 23 heavy (non-hydrogen) atoms. The molecule has 2 N–H and O–H groups in total. The van der Waals surface area contributed by atoms with Crippen LogP contribution < -0.4 is 15.4 Å². The zero-order valence-electron chi connectivity index (χ0n) is 12.7. The van der Waals surface area contributed by atoms with Gasteiger partial charge in [-0.05, 0) is 37.3 Å². The molecule has 0 aliphatic rings. The van der Waals surface area contributed by atoms with Crippen LogP contribution in [0.15, 0.2) is 53.0 Å². The van der Waals surface area contributed by atoms with E-state index in [1.165, 1.54) is 0 Å². The zero-order valence-corrected chi connectivity index (χ0v) is 14.3. The van der Waals surface area contributed by atoms with Gasteiger partial charge in [0.15, 0.2) is 0 Å². The van der Waals surface area contributed by atoms with Crippen molar-refractivity contribution in [2.75, 3.05) is 18.5 Å². The summed E-state index contributed by atoms with van der Waals surface area (Å²) >= 11 is 3.37. The number of hydrogen-bond acceptors (Lipinski definition) is 2. The van der Waals surface area contributed by atoms with E-state index in [0.29, 0.717) is 0 Å². The minimum atomic E-state index is -0.281. The number of aryl methyl sites for hydroxylation is 1. The molecule has 4 nitrogen and oxygen atoms in total. The minimum Gasteiger partial charge on any atom is -0.481 e. The summed E-state index contributed by atoms with van der Waals surface area (Å²) in [7, 11) is 0. The number of anilines is 1. The fraction of sp³-hybridized carbons (Fsp3) is 0.167. The number of amides is 2. The third-order valence-electron chi connectivity index (χ3n) is 2.88. The fourth-order valence-corrected chi connectivity index (χ4v) is 2.10. The zero-order chi connectivity index (χ0) is 16.5. The number of urea groups is 1. The molecule has 0 spiro atoms. The maximum absolute atomic E-state index is 11.7. The largest absolute Gasteiger partial charge is 0.481 e. The van der Waals surface area contributed by atoms with E-state index in [4.69, 9.17) is 4.74 Å². The summed E-state index contributed by atoms with van der Waals surface area (Å²) < 4.78 is 6.42. The number of ether oxygens (including phenoxy) is 1. The highest BCUT2D eigenvalue weighted by molar-refractivity contribution is 9.10. The number of rotatable bonds is 4. The Morgan fingerprint density at radius 1 is 1.17 bits per heavy atom. The van der Waals surface area contributed by atoms with Crippen LogP contribution in [0.1, 0.15) is 5.56 Å². The van der Waals surface area contributed by atoms with Crippen molar-refractivity contribution < 1.29 is 9.53 Å². The van der Waals surface area contributed by atoms with Gasteiger partial charge in [0.25, 0.3) is 0 Å². The van der Waals surface area contributed by atoms with Crippen LogP contribution in [0.2, 0.25) is 0 Å². The number of carbonyl (C=O) groups is 1. The van der Waals surface area contributed by atoms with Gasteiger partial charge in [0, 0.05) is 10.2 Å². The lowest BCUT2D eigenvalue weighted by atomic mass is 10.2. The van der Waals surface area contributed by atoms with Crippen LogP contribution in [0.25, 0.3) is 0 Å². The van der Waals surface area contributed by atoms with Crippen LogP contribution in [0, 0.1) is 18.8 Å².